The van der Waals surface area contributed by atoms with Gasteiger partial charge in [-0.15, -0.1) is 0 Å². The molecule has 0 spiro atoms. The molecule has 212 valence electrons. The average molecular weight is 576 g/mol. The summed E-state index contributed by atoms with van der Waals surface area (Å²) in [5.74, 6) is 1.04. The molecule has 11 heteroatoms. The molecule has 2 aliphatic rings. The van der Waals surface area contributed by atoms with Crippen molar-refractivity contribution in [2.45, 2.75) is 32.1 Å². The fourth-order valence-corrected chi connectivity index (χ4v) is 5.43. The van der Waals surface area contributed by atoms with Gasteiger partial charge in [0.2, 0.25) is 18.6 Å². The summed E-state index contributed by atoms with van der Waals surface area (Å²) in [5, 5.41) is 2.64. The monoisotopic (exact) mass is 575 g/mol. The van der Waals surface area contributed by atoms with Crippen LogP contribution in [0.3, 0.4) is 0 Å². The Hall–Kier alpha value is -4.51. The molecular weight excluding hydrogens is 546 g/mol. The maximum absolute atomic E-state index is 13.6. The van der Waals surface area contributed by atoms with Gasteiger partial charge in [0.25, 0.3) is 0 Å². The van der Waals surface area contributed by atoms with Crippen molar-refractivity contribution in [3.8, 4) is 17.2 Å². The number of ether oxygens (including phenoxy) is 4. The highest BCUT2D eigenvalue weighted by Gasteiger charge is 2.39. The summed E-state index contributed by atoms with van der Waals surface area (Å²) in [7, 11) is 0. The minimum absolute atomic E-state index is 0.0326. The number of hydrogen-bond acceptors (Lipinski definition) is 9. The second-order valence-electron chi connectivity index (χ2n) is 9.09. The number of esters is 1. The van der Waals surface area contributed by atoms with Crippen molar-refractivity contribution in [2.75, 3.05) is 25.3 Å². The molecule has 1 fully saturated rings. The van der Waals surface area contributed by atoms with Gasteiger partial charge in [-0.1, -0.05) is 17.8 Å². The molecule has 0 aliphatic carbocycles. The molecule has 2 aliphatic heterocycles. The van der Waals surface area contributed by atoms with Crippen molar-refractivity contribution >= 4 is 46.1 Å². The summed E-state index contributed by atoms with van der Waals surface area (Å²) in [4.78, 5) is 44.8. The van der Waals surface area contributed by atoms with Crippen LogP contribution < -0.4 is 19.5 Å². The second-order valence-corrected chi connectivity index (χ2v) is 10.3. The van der Waals surface area contributed by atoms with Gasteiger partial charge in [0.05, 0.1) is 31.0 Å². The zero-order valence-corrected chi connectivity index (χ0v) is 23.4. The molecule has 2 amide bonds. The lowest BCUT2D eigenvalue weighted by atomic mass is 10.1. The highest BCUT2D eigenvalue weighted by molar-refractivity contribution is 8.15. The molecule has 0 saturated carbocycles. The molecule has 1 atom stereocenters. The van der Waals surface area contributed by atoms with Crippen molar-refractivity contribution in [3.05, 3.63) is 77.9 Å². The third-order valence-electron chi connectivity index (χ3n) is 6.22. The molecule has 5 rings (SSSR count). The van der Waals surface area contributed by atoms with Crippen molar-refractivity contribution in [1.82, 2.24) is 4.90 Å². The molecule has 0 bridgehead atoms. The highest BCUT2D eigenvalue weighted by Crippen LogP contribution is 2.36. The molecule has 1 saturated heterocycles. The number of amides is 2. The van der Waals surface area contributed by atoms with Gasteiger partial charge in [0.15, 0.2) is 16.7 Å². The Balaban J connectivity index is 1.34. The third kappa shape index (κ3) is 6.80. The molecule has 41 heavy (non-hydrogen) atoms. The van der Waals surface area contributed by atoms with E-state index in [2.05, 4.69) is 5.32 Å². The number of fused-ring (bicyclic) bond motifs is 1. The first-order chi connectivity index (χ1) is 19.9. The maximum atomic E-state index is 13.6. The number of anilines is 1. The van der Waals surface area contributed by atoms with Crippen LogP contribution in [0.25, 0.3) is 0 Å². The van der Waals surface area contributed by atoms with Gasteiger partial charge in [-0.3, -0.25) is 14.5 Å². The largest absolute Gasteiger partial charge is 0.494 e. The fourth-order valence-electron chi connectivity index (χ4n) is 4.27. The predicted molar refractivity (Wildman–Crippen MR) is 155 cm³/mol. The van der Waals surface area contributed by atoms with Gasteiger partial charge in [-0.05, 0) is 80.1 Å². The summed E-state index contributed by atoms with van der Waals surface area (Å²) >= 11 is 1.23. The van der Waals surface area contributed by atoms with Gasteiger partial charge >= 0.3 is 5.97 Å². The zero-order valence-electron chi connectivity index (χ0n) is 22.6. The van der Waals surface area contributed by atoms with Crippen LogP contribution in [0.4, 0.5) is 11.4 Å². The number of rotatable bonds is 10. The van der Waals surface area contributed by atoms with Crippen molar-refractivity contribution in [1.29, 1.82) is 0 Å². The molecular formula is C30H29N3O7S. The molecule has 3 aromatic carbocycles. The first-order valence-electron chi connectivity index (χ1n) is 13.2. The van der Waals surface area contributed by atoms with Crippen LogP contribution in [0, 0.1) is 0 Å². The van der Waals surface area contributed by atoms with E-state index in [1.165, 1.54) is 11.8 Å². The van der Waals surface area contributed by atoms with Crippen molar-refractivity contribution in [3.63, 3.8) is 0 Å². The lowest BCUT2D eigenvalue weighted by molar-refractivity contribution is -0.128. The molecule has 10 nitrogen and oxygen atoms in total. The molecule has 1 N–H and O–H groups in total. The summed E-state index contributed by atoms with van der Waals surface area (Å²) < 4.78 is 21.4. The minimum atomic E-state index is -0.663. The van der Waals surface area contributed by atoms with Crippen molar-refractivity contribution < 1.29 is 33.3 Å². The Bertz CT molecular complexity index is 1460. The van der Waals surface area contributed by atoms with E-state index in [1.54, 1.807) is 66.4 Å². The quantitative estimate of drug-likeness (QED) is 0.330. The van der Waals surface area contributed by atoms with Crippen LogP contribution in [0.15, 0.2) is 71.7 Å². The minimum Gasteiger partial charge on any atom is -0.494 e. The lowest BCUT2D eigenvalue weighted by Gasteiger charge is -2.17. The number of hydrogen-bond donors (Lipinski definition) is 1. The van der Waals surface area contributed by atoms with Gasteiger partial charge in [-0.25, -0.2) is 9.79 Å². The lowest BCUT2D eigenvalue weighted by Crippen LogP contribution is -2.33. The number of aliphatic imine (C=N–C) groups is 1. The number of carbonyl (C=O) groups excluding carboxylic acids is 3. The predicted octanol–water partition coefficient (Wildman–Crippen LogP) is 5.15. The van der Waals surface area contributed by atoms with Gasteiger partial charge in [0.1, 0.15) is 11.0 Å². The normalized spacial score (nSPS) is 16.6. The van der Waals surface area contributed by atoms with Crippen LogP contribution >= 0.6 is 11.8 Å². The molecule has 0 aromatic heterocycles. The maximum Gasteiger partial charge on any atom is 0.338 e. The van der Waals surface area contributed by atoms with Crippen LogP contribution in [0.1, 0.15) is 36.2 Å². The highest BCUT2D eigenvalue weighted by atomic mass is 32.2. The SMILES string of the molecule is CCOC(=O)c1ccc(N=C2S[C@@H](CC(=O)Nc3ccc(OCC)cc3)C(=O)N2Cc2ccc3c(c2)OCO3)cc1. The van der Waals surface area contributed by atoms with E-state index in [4.69, 9.17) is 23.9 Å². The van der Waals surface area contributed by atoms with E-state index in [9.17, 15) is 14.4 Å². The van der Waals surface area contributed by atoms with Gasteiger partial charge < -0.3 is 24.3 Å². The number of carbonyl (C=O) groups is 3. The van der Waals surface area contributed by atoms with Gasteiger partial charge in [-0.2, -0.15) is 0 Å². The number of nitrogens with zero attached hydrogens (tertiary/aromatic N) is 2. The number of thioether (sulfide) groups is 1. The number of nitrogens with one attached hydrogen (secondary N) is 1. The molecule has 2 heterocycles. The second kappa shape index (κ2) is 12.8. The Morgan fingerprint density at radius 1 is 1.00 bits per heavy atom. The van der Waals surface area contributed by atoms with Crippen LogP contribution in [0.5, 0.6) is 17.2 Å². The number of benzene rings is 3. The Labute approximate surface area is 241 Å². The standard InChI is InChI=1S/C30H29N3O7S/c1-3-37-23-12-10-21(11-13-23)31-27(34)16-26-28(35)33(17-19-5-14-24-25(15-19)40-18-39-24)30(41-26)32-22-8-6-20(7-9-22)29(36)38-4-2/h5-15,26H,3-4,16-18H2,1-2H3,(H,31,34)/t26-/m0/s1. The van der Waals surface area contributed by atoms with Crippen LogP contribution in [-0.4, -0.2) is 53.1 Å². The third-order valence-corrected chi connectivity index (χ3v) is 7.40. The molecule has 3 aromatic rings. The summed E-state index contributed by atoms with van der Waals surface area (Å²) in [6, 6.07) is 19.2. The van der Waals surface area contributed by atoms with E-state index < -0.39 is 11.2 Å². The topological polar surface area (TPSA) is 116 Å². The Kier molecular flexibility index (Phi) is 8.73. The van der Waals surface area contributed by atoms with Crippen LogP contribution in [-0.2, 0) is 20.9 Å². The molecule has 0 unspecified atom stereocenters. The number of amidine groups is 1. The van der Waals surface area contributed by atoms with E-state index in [1.807, 2.05) is 19.1 Å². The van der Waals surface area contributed by atoms with Crippen molar-refractivity contribution in [2.24, 2.45) is 4.99 Å². The first-order valence-corrected chi connectivity index (χ1v) is 14.1. The first kappa shape index (κ1) is 28.0. The smallest absolute Gasteiger partial charge is 0.338 e. The summed E-state index contributed by atoms with van der Waals surface area (Å²) in [5.41, 5.74) is 2.41. The fraction of sp³-hybridized carbons (Fsp3) is 0.267. The summed E-state index contributed by atoms with van der Waals surface area (Å²) in [6.07, 6.45) is -0.0326. The van der Waals surface area contributed by atoms with Crippen LogP contribution in [0.2, 0.25) is 0 Å². The average Bonchev–Trinajstić information content (AvgIpc) is 3.55. The van der Waals surface area contributed by atoms with E-state index >= 15 is 0 Å². The Morgan fingerprint density at radius 3 is 2.49 bits per heavy atom. The summed E-state index contributed by atoms with van der Waals surface area (Å²) in [6.45, 7) is 4.86. The van der Waals surface area contributed by atoms with E-state index in [-0.39, 0.29) is 38.2 Å². The molecule has 0 radical (unpaired) electrons. The zero-order chi connectivity index (χ0) is 28.8. The van der Waals surface area contributed by atoms with E-state index in [0.29, 0.717) is 46.0 Å². The Morgan fingerprint density at radius 2 is 1.76 bits per heavy atom. The van der Waals surface area contributed by atoms with E-state index in [0.717, 1.165) is 5.56 Å². The van der Waals surface area contributed by atoms with Gasteiger partial charge in [0, 0.05) is 12.1 Å².